The van der Waals surface area contributed by atoms with E-state index in [4.69, 9.17) is 11.6 Å². The first kappa shape index (κ1) is 19.6. The molecule has 1 aliphatic heterocycles. The Morgan fingerprint density at radius 3 is 2.45 bits per heavy atom. The van der Waals surface area contributed by atoms with Gasteiger partial charge >= 0.3 is 0 Å². The zero-order valence-corrected chi connectivity index (χ0v) is 17.6. The van der Waals surface area contributed by atoms with Crippen molar-refractivity contribution in [3.8, 4) is 0 Å². The van der Waals surface area contributed by atoms with Gasteiger partial charge in [0.25, 0.3) is 0 Å². The van der Waals surface area contributed by atoms with Crippen LogP contribution in [0.15, 0.2) is 84.1 Å². The average Bonchev–Trinajstić information content (AvgIpc) is 2.96. The number of hydrogen-bond donors (Lipinski definition) is 2. The van der Waals surface area contributed by atoms with Gasteiger partial charge in [-0.25, -0.2) is 0 Å². The standard InChI is InChI=1S/C26H21ClN2O2/c27-19-10-5-4-9-18(19)25-24-21(11-6-12-23(24)30)28-22-15-17(13-14-20(22)29-25)26(31)16-7-2-1-3-8-16/h1-5,7-10,13-15,25,28-29H,6,11-12H2/t25-/m1/s1. The van der Waals surface area contributed by atoms with Crippen LogP contribution in [0.5, 0.6) is 0 Å². The van der Waals surface area contributed by atoms with E-state index in [2.05, 4.69) is 10.6 Å². The maximum atomic E-state index is 13.0. The first-order valence-electron chi connectivity index (χ1n) is 10.4. The predicted octanol–water partition coefficient (Wildman–Crippen LogP) is 6.16. The largest absolute Gasteiger partial charge is 0.372 e. The molecule has 3 aromatic carbocycles. The number of halogens is 1. The fourth-order valence-electron chi connectivity index (χ4n) is 4.33. The fourth-order valence-corrected chi connectivity index (χ4v) is 4.58. The van der Waals surface area contributed by atoms with Crippen LogP contribution in [0, 0.1) is 0 Å². The molecular formula is C26H21ClN2O2. The van der Waals surface area contributed by atoms with E-state index in [9.17, 15) is 9.59 Å². The number of carbonyl (C=O) groups is 2. The molecule has 0 saturated heterocycles. The summed E-state index contributed by atoms with van der Waals surface area (Å²) in [7, 11) is 0. The topological polar surface area (TPSA) is 58.2 Å². The number of anilines is 2. The third-order valence-corrected chi connectivity index (χ3v) is 6.21. The second kappa shape index (κ2) is 8.05. The van der Waals surface area contributed by atoms with Crippen molar-refractivity contribution in [1.82, 2.24) is 0 Å². The van der Waals surface area contributed by atoms with Gasteiger partial charge in [-0.1, -0.05) is 60.1 Å². The van der Waals surface area contributed by atoms with Crippen LogP contribution in [0.3, 0.4) is 0 Å². The summed E-state index contributed by atoms with van der Waals surface area (Å²) >= 11 is 6.51. The number of hydrogen-bond acceptors (Lipinski definition) is 4. The summed E-state index contributed by atoms with van der Waals surface area (Å²) in [5, 5.41) is 7.59. The highest BCUT2D eigenvalue weighted by atomic mass is 35.5. The van der Waals surface area contributed by atoms with Gasteiger partial charge in [-0.3, -0.25) is 9.59 Å². The van der Waals surface area contributed by atoms with Crippen LogP contribution in [0.2, 0.25) is 5.02 Å². The summed E-state index contributed by atoms with van der Waals surface area (Å²) in [6.45, 7) is 0. The number of fused-ring (bicyclic) bond motifs is 1. The van der Waals surface area contributed by atoms with Gasteiger partial charge in [0.05, 0.1) is 17.4 Å². The number of Topliss-reactive ketones (excluding diaryl/α,β-unsaturated/α-hetero) is 1. The Morgan fingerprint density at radius 1 is 0.871 bits per heavy atom. The van der Waals surface area contributed by atoms with Crippen LogP contribution < -0.4 is 10.6 Å². The second-order valence-electron chi connectivity index (χ2n) is 7.85. The molecule has 1 aliphatic carbocycles. The van der Waals surface area contributed by atoms with Crippen molar-refractivity contribution < 1.29 is 9.59 Å². The molecule has 4 nitrogen and oxygen atoms in total. The third-order valence-electron chi connectivity index (χ3n) is 5.86. The van der Waals surface area contributed by atoms with E-state index < -0.39 is 0 Å². The summed E-state index contributed by atoms with van der Waals surface area (Å²) in [6.07, 6.45) is 2.11. The van der Waals surface area contributed by atoms with Gasteiger partial charge in [-0.15, -0.1) is 0 Å². The van der Waals surface area contributed by atoms with E-state index in [-0.39, 0.29) is 17.6 Å². The summed E-state index contributed by atoms with van der Waals surface area (Å²) in [6, 6.07) is 22.1. The minimum absolute atomic E-state index is 0.0361. The lowest BCUT2D eigenvalue weighted by Gasteiger charge is -2.26. The van der Waals surface area contributed by atoms with Crippen molar-refractivity contribution in [2.24, 2.45) is 0 Å². The maximum absolute atomic E-state index is 13.0. The Bertz CT molecular complexity index is 1220. The molecule has 0 fully saturated rings. The fraction of sp³-hybridized carbons (Fsp3) is 0.154. The lowest BCUT2D eigenvalue weighted by molar-refractivity contribution is -0.116. The zero-order valence-electron chi connectivity index (χ0n) is 16.8. The first-order valence-corrected chi connectivity index (χ1v) is 10.8. The van der Waals surface area contributed by atoms with E-state index >= 15 is 0 Å². The van der Waals surface area contributed by atoms with Gasteiger partial charge < -0.3 is 10.6 Å². The summed E-state index contributed by atoms with van der Waals surface area (Å²) in [5.74, 6) is 0.0885. The Labute approximate surface area is 185 Å². The molecule has 0 spiro atoms. The van der Waals surface area contributed by atoms with Gasteiger partial charge in [-0.05, 0) is 42.7 Å². The molecule has 0 aromatic heterocycles. The van der Waals surface area contributed by atoms with Crippen molar-refractivity contribution in [2.45, 2.75) is 25.3 Å². The average molecular weight is 429 g/mol. The maximum Gasteiger partial charge on any atom is 0.193 e. The molecular weight excluding hydrogens is 408 g/mol. The van der Waals surface area contributed by atoms with Gasteiger partial charge in [0, 0.05) is 33.8 Å². The number of carbonyl (C=O) groups excluding carboxylic acids is 2. The lowest BCUT2D eigenvalue weighted by Crippen LogP contribution is -2.23. The SMILES string of the molecule is O=C1CCCC2=C1[C@@H](c1ccccc1Cl)Nc1ccc(C(=O)c3ccccc3)cc1N2. The number of benzene rings is 3. The van der Waals surface area contributed by atoms with E-state index in [0.29, 0.717) is 22.6 Å². The normalized spacial score (nSPS) is 17.7. The zero-order chi connectivity index (χ0) is 21.4. The Balaban J connectivity index is 1.60. The molecule has 5 rings (SSSR count). The summed E-state index contributed by atoms with van der Waals surface area (Å²) in [5.41, 5.74) is 5.36. The molecule has 3 aromatic rings. The van der Waals surface area contributed by atoms with Crippen molar-refractivity contribution in [3.05, 3.63) is 106 Å². The highest BCUT2D eigenvalue weighted by Crippen LogP contribution is 2.42. The Hall–Kier alpha value is -3.37. The monoisotopic (exact) mass is 428 g/mol. The summed E-state index contributed by atoms with van der Waals surface area (Å²) < 4.78 is 0. The Kier molecular flexibility index (Phi) is 5.08. The van der Waals surface area contributed by atoms with Crippen LogP contribution in [0.25, 0.3) is 0 Å². The van der Waals surface area contributed by atoms with Crippen LogP contribution >= 0.6 is 11.6 Å². The van der Waals surface area contributed by atoms with Crippen molar-refractivity contribution in [1.29, 1.82) is 0 Å². The third kappa shape index (κ3) is 3.64. The molecule has 0 radical (unpaired) electrons. The molecule has 31 heavy (non-hydrogen) atoms. The van der Waals surface area contributed by atoms with Gasteiger partial charge in [0.1, 0.15) is 0 Å². The minimum Gasteiger partial charge on any atom is -0.372 e. The Morgan fingerprint density at radius 2 is 1.65 bits per heavy atom. The van der Waals surface area contributed by atoms with Crippen LogP contribution in [-0.4, -0.2) is 11.6 Å². The van der Waals surface area contributed by atoms with Crippen LogP contribution in [-0.2, 0) is 4.79 Å². The second-order valence-corrected chi connectivity index (χ2v) is 8.26. The lowest BCUT2D eigenvalue weighted by atomic mass is 9.86. The van der Waals surface area contributed by atoms with E-state index in [1.807, 2.05) is 72.8 Å². The number of ketones is 2. The molecule has 0 bridgehead atoms. The first-order chi connectivity index (χ1) is 15.1. The molecule has 1 atom stereocenters. The van der Waals surface area contributed by atoms with Crippen molar-refractivity contribution >= 4 is 34.5 Å². The molecule has 0 amide bonds. The molecule has 1 heterocycles. The molecule has 0 unspecified atom stereocenters. The minimum atomic E-state index is -0.346. The van der Waals surface area contributed by atoms with Crippen LogP contribution in [0.1, 0.15) is 46.8 Å². The van der Waals surface area contributed by atoms with Crippen molar-refractivity contribution in [2.75, 3.05) is 10.6 Å². The molecule has 5 heteroatoms. The highest BCUT2D eigenvalue weighted by molar-refractivity contribution is 6.31. The number of allylic oxidation sites excluding steroid dienone is 1. The number of rotatable bonds is 3. The van der Waals surface area contributed by atoms with Gasteiger partial charge in [0.2, 0.25) is 0 Å². The molecule has 0 saturated carbocycles. The molecule has 2 aliphatic rings. The quantitative estimate of drug-likeness (QED) is 0.491. The van der Waals surface area contributed by atoms with Gasteiger partial charge in [-0.2, -0.15) is 0 Å². The smallest absolute Gasteiger partial charge is 0.193 e. The molecule has 154 valence electrons. The van der Waals surface area contributed by atoms with Gasteiger partial charge in [0.15, 0.2) is 11.6 Å². The molecule has 2 N–H and O–H groups in total. The van der Waals surface area contributed by atoms with Crippen LogP contribution in [0.4, 0.5) is 11.4 Å². The highest BCUT2D eigenvalue weighted by Gasteiger charge is 2.33. The predicted molar refractivity (Wildman–Crippen MR) is 124 cm³/mol. The van der Waals surface area contributed by atoms with E-state index in [1.54, 1.807) is 0 Å². The van der Waals surface area contributed by atoms with Crippen molar-refractivity contribution in [3.63, 3.8) is 0 Å². The van der Waals surface area contributed by atoms with E-state index in [0.717, 1.165) is 41.1 Å². The van der Waals surface area contributed by atoms with E-state index in [1.165, 1.54) is 0 Å². The summed E-state index contributed by atoms with van der Waals surface area (Å²) in [4.78, 5) is 25.9. The number of nitrogens with one attached hydrogen (secondary N) is 2.